The van der Waals surface area contributed by atoms with E-state index in [4.69, 9.17) is 10.2 Å². The van der Waals surface area contributed by atoms with Crippen LogP contribution in [0.3, 0.4) is 0 Å². The molecule has 0 aromatic heterocycles. The Hall–Kier alpha value is -1.09. The van der Waals surface area contributed by atoms with Gasteiger partial charge >= 0.3 is 5.97 Å². The Kier molecular flexibility index (Phi) is 2.44. The Morgan fingerprint density at radius 1 is 1.64 bits per heavy atom. The molecule has 1 aliphatic rings. The Bertz CT molecular complexity index is 215. The van der Waals surface area contributed by atoms with Crippen LogP contribution in [0.2, 0.25) is 0 Å². The van der Waals surface area contributed by atoms with Crippen molar-refractivity contribution in [1.29, 1.82) is 0 Å². The van der Waals surface area contributed by atoms with Crippen molar-refractivity contribution >= 4 is 5.97 Å². The van der Waals surface area contributed by atoms with E-state index < -0.39 is 12.1 Å². The first-order valence-corrected chi connectivity index (χ1v) is 3.48. The molecule has 0 amide bonds. The van der Waals surface area contributed by atoms with E-state index in [9.17, 15) is 4.79 Å². The average molecular weight is 154 g/mol. The SMILES string of the molecule is O=C(O)C(O)C1=CC=CCC1. The summed E-state index contributed by atoms with van der Waals surface area (Å²) < 4.78 is 0. The van der Waals surface area contributed by atoms with Crippen molar-refractivity contribution in [3.63, 3.8) is 0 Å². The second-order valence-corrected chi connectivity index (χ2v) is 2.45. The van der Waals surface area contributed by atoms with E-state index in [1.807, 2.05) is 6.08 Å². The summed E-state index contributed by atoms with van der Waals surface area (Å²) in [7, 11) is 0. The van der Waals surface area contributed by atoms with Crippen LogP contribution in [0.5, 0.6) is 0 Å². The molecule has 3 nitrogen and oxygen atoms in total. The summed E-state index contributed by atoms with van der Waals surface area (Å²) in [6.07, 6.45) is 5.51. The molecule has 0 spiro atoms. The van der Waals surface area contributed by atoms with Crippen LogP contribution in [0.25, 0.3) is 0 Å². The van der Waals surface area contributed by atoms with Gasteiger partial charge < -0.3 is 10.2 Å². The molecule has 0 fully saturated rings. The van der Waals surface area contributed by atoms with Gasteiger partial charge in [-0.15, -0.1) is 0 Å². The molecule has 2 N–H and O–H groups in total. The summed E-state index contributed by atoms with van der Waals surface area (Å²) in [5.74, 6) is -1.17. The minimum absolute atomic E-state index is 0.583. The van der Waals surface area contributed by atoms with E-state index in [2.05, 4.69) is 0 Å². The lowest BCUT2D eigenvalue weighted by atomic mass is 10.0. The first-order valence-electron chi connectivity index (χ1n) is 3.48. The van der Waals surface area contributed by atoms with E-state index in [1.54, 1.807) is 12.2 Å². The van der Waals surface area contributed by atoms with Crippen molar-refractivity contribution in [3.8, 4) is 0 Å². The van der Waals surface area contributed by atoms with Gasteiger partial charge in [-0.2, -0.15) is 0 Å². The molecule has 3 heteroatoms. The standard InChI is InChI=1S/C8H10O3/c9-7(8(10)11)6-4-2-1-3-5-6/h1-2,4,7,9H,3,5H2,(H,10,11). The van der Waals surface area contributed by atoms with Crippen LogP contribution in [0.4, 0.5) is 0 Å². The molecule has 0 bridgehead atoms. The minimum Gasteiger partial charge on any atom is -0.479 e. The van der Waals surface area contributed by atoms with E-state index >= 15 is 0 Å². The van der Waals surface area contributed by atoms with Crippen LogP contribution in [0.1, 0.15) is 12.8 Å². The first kappa shape index (κ1) is 8.01. The third kappa shape index (κ3) is 1.91. The van der Waals surface area contributed by atoms with Gasteiger partial charge in [0, 0.05) is 0 Å². The number of carbonyl (C=O) groups is 1. The van der Waals surface area contributed by atoms with E-state index in [-0.39, 0.29) is 0 Å². The second kappa shape index (κ2) is 3.34. The van der Waals surface area contributed by atoms with Crippen molar-refractivity contribution in [1.82, 2.24) is 0 Å². The van der Waals surface area contributed by atoms with Crippen LogP contribution in [-0.4, -0.2) is 22.3 Å². The predicted molar refractivity (Wildman–Crippen MR) is 40.1 cm³/mol. The minimum atomic E-state index is -1.32. The van der Waals surface area contributed by atoms with Crippen molar-refractivity contribution in [2.45, 2.75) is 18.9 Å². The second-order valence-electron chi connectivity index (χ2n) is 2.45. The first-order chi connectivity index (χ1) is 5.22. The number of carboxylic acids is 1. The van der Waals surface area contributed by atoms with Crippen molar-refractivity contribution < 1.29 is 15.0 Å². The van der Waals surface area contributed by atoms with Crippen LogP contribution < -0.4 is 0 Å². The lowest BCUT2D eigenvalue weighted by molar-refractivity contribution is -0.144. The Morgan fingerprint density at radius 2 is 2.36 bits per heavy atom. The summed E-state index contributed by atoms with van der Waals surface area (Å²) in [6, 6.07) is 0. The van der Waals surface area contributed by atoms with Crippen LogP contribution in [0.15, 0.2) is 23.8 Å². The Labute approximate surface area is 64.7 Å². The maximum Gasteiger partial charge on any atom is 0.336 e. The number of carboxylic acid groups (broad SMARTS) is 1. The number of aliphatic hydroxyl groups is 1. The predicted octanol–water partition coefficient (Wildman–Crippen LogP) is 0.708. The monoisotopic (exact) mass is 154 g/mol. The van der Waals surface area contributed by atoms with E-state index in [0.29, 0.717) is 12.0 Å². The fourth-order valence-corrected chi connectivity index (χ4v) is 1.01. The number of rotatable bonds is 2. The third-order valence-electron chi connectivity index (χ3n) is 1.63. The zero-order valence-corrected chi connectivity index (χ0v) is 6.03. The van der Waals surface area contributed by atoms with Crippen molar-refractivity contribution in [2.75, 3.05) is 0 Å². The van der Waals surface area contributed by atoms with Crippen molar-refractivity contribution in [2.24, 2.45) is 0 Å². The zero-order valence-electron chi connectivity index (χ0n) is 6.03. The molecule has 0 saturated heterocycles. The van der Waals surface area contributed by atoms with Crippen LogP contribution >= 0.6 is 0 Å². The largest absolute Gasteiger partial charge is 0.479 e. The van der Waals surface area contributed by atoms with Gasteiger partial charge in [-0.1, -0.05) is 18.2 Å². The number of aliphatic carboxylic acids is 1. The highest BCUT2D eigenvalue weighted by Gasteiger charge is 2.18. The molecule has 60 valence electrons. The molecule has 0 aromatic carbocycles. The maximum absolute atomic E-state index is 10.3. The molecule has 0 radical (unpaired) electrons. The quantitative estimate of drug-likeness (QED) is 0.615. The molecule has 11 heavy (non-hydrogen) atoms. The van der Waals surface area contributed by atoms with Gasteiger partial charge in [0.15, 0.2) is 6.10 Å². The normalized spacial score (nSPS) is 19.2. The fourth-order valence-electron chi connectivity index (χ4n) is 1.01. The highest BCUT2D eigenvalue weighted by molar-refractivity contribution is 5.76. The highest BCUT2D eigenvalue weighted by Crippen LogP contribution is 2.15. The topological polar surface area (TPSA) is 57.5 Å². The third-order valence-corrected chi connectivity index (χ3v) is 1.63. The number of hydrogen-bond acceptors (Lipinski definition) is 2. The molecule has 0 aliphatic heterocycles. The lowest BCUT2D eigenvalue weighted by Gasteiger charge is -2.11. The molecular weight excluding hydrogens is 144 g/mol. The molecule has 1 aliphatic carbocycles. The molecule has 1 atom stereocenters. The van der Waals surface area contributed by atoms with Crippen LogP contribution in [-0.2, 0) is 4.79 Å². The Balaban J connectivity index is 2.66. The Morgan fingerprint density at radius 3 is 2.82 bits per heavy atom. The summed E-state index contributed by atoms with van der Waals surface area (Å²) in [4.78, 5) is 10.3. The van der Waals surface area contributed by atoms with Gasteiger partial charge in [-0.05, 0) is 18.4 Å². The maximum atomic E-state index is 10.3. The summed E-state index contributed by atoms with van der Waals surface area (Å²) in [5, 5.41) is 17.5. The number of allylic oxidation sites excluding steroid dienone is 3. The van der Waals surface area contributed by atoms with Gasteiger partial charge in [0.25, 0.3) is 0 Å². The average Bonchev–Trinajstić information content (AvgIpc) is 2.05. The zero-order chi connectivity index (χ0) is 8.27. The van der Waals surface area contributed by atoms with Gasteiger partial charge in [-0.25, -0.2) is 4.79 Å². The van der Waals surface area contributed by atoms with Gasteiger partial charge in [0.05, 0.1) is 0 Å². The lowest BCUT2D eigenvalue weighted by Crippen LogP contribution is -2.22. The highest BCUT2D eigenvalue weighted by atomic mass is 16.4. The molecule has 1 unspecified atom stereocenters. The van der Waals surface area contributed by atoms with E-state index in [1.165, 1.54) is 0 Å². The fraction of sp³-hybridized carbons (Fsp3) is 0.375. The van der Waals surface area contributed by atoms with Gasteiger partial charge in [0.1, 0.15) is 0 Å². The smallest absolute Gasteiger partial charge is 0.336 e. The number of aliphatic hydroxyl groups excluding tert-OH is 1. The molecular formula is C8H10O3. The molecule has 0 saturated carbocycles. The molecule has 0 heterocycles. The molecule has 0 aromatic rings. The number of hydrogen-bond donors (Lipinski definition) is 2. The summed E-state index contributed by atoms with van der Waals surface area (Å²) >= 11 is 0. The van der Waals surface area contributed by atoms with Crippen LogP contribution in [0, 0.1) is 0 Å². The molecule has 1 rings (SSSR count). The van der Waals surface area contributed by atoms with Crippen molar-refractivity contribution in [3.05, 3.63) is 23.8 Å². The van der Waals surface area contributed by atoms with E-state index in [0.717, 1.165) is 6.42 Å². The van der Waals surface area contributed by atoms with Gasteiger partial charge in [0.2, 0.25) is 0 Å². The summed E-state index contributed by atoms with van der Waals surface area (Å²) in [6.45, 7) is 0. The van der Waals surface area contributed by atoms with Gasteiger partial charge in [-0.3, -0.25) is 0 Å². The summed E-state index contributed by atoms with van der Waals surface area (Å²) in [5.41, 5.74) is 0.583.